The number of nitrogens with zero attached hydrogens (tertiary/aromatic N) is 2. The topological polar surface area (TPSA) is 123 Å². The van der Waals surface area contributed by atoms with E-state index >= 15 is 0 Å². The molecule has 3 aromatic rings. The van der Waals surface area contributed by atoms with Crippen molar-refractivity contribution in [2.75, 3.05) is 0 Å². The number of hydrogen-bond acceptors (Lipinski definition) is 7. The third kappa shape index (κ3) is 4.94. The van der Waals surface area contributed by atoms with Gasteiger partial charge in [-0.05, 0) is 29.8 Å². The minimum absolute atomic E-state index is 0.00652. The second-order valence-electron chi connectivity index (χ2n) is 8.61. The molecule has 4 rings (SSSR count). The van der Waals surface area contributed by atoms with Gasteiger partial charge in [0.25, 0.3) is 0 Å². The molecule has 0 bridgehead atoms. The summed E-state index contributed by atoms with van der Waals surface area (Å²) in [5, 5.41) is 19.8. The Balaban J connectivity index is 1.64. The lowest BCUT2D eigenvalue weighted by Gasteiger charge is -2.34. The number of ether oxygens (including phenoxy) is 1. The first kappa shape index (κ1) is 27.1. The van der Waals surface area contributed by atoms with E-state index in [1.54, 1.807) is 19.1 Å². The first-order valence-corrected chi connectivity index (χ1v) is 11.6. The number of aliphatic hydroxyl groups is 1. The molecular weight excluding hydrogens is 529 g/mol. The van der Waals surface area contributed by atoms with Gasteiger partial charge in [0.1, 0.15) is 5.75 Å². The number of benzene rings is 1. The zero-order valence-corrected chi connectivity index (χ0v) is 20.6. The predicted molar refractivity (Wildman–Crippen MR) is 129 cm³/mol. The van der Waals surface area contributed by atoms with Gasteiger partial charge in [-0.1, -0.05) is 43.7 Å². The fourth-order valence-corrected chi connectivity index (χ4v) is 4.25. The maximum Gasteiger partial charge on any atom is 0.425 e. The molecule has 2 aromatic heterocycles. The Morgan fingerprint density at radius 2 is 1.92 bits per heavy atom. The molecule has 1 aromatic carbocycles. The number of carbonyl (C=O) groups is 2. The van der Waals surface area contributed by atoms with Crippen LogP contribution in [0, 0.1) is 5.92 Å². The van der Waals surface area contributed by atoms with E-state index in [4.69, 9.17) is 25.9 Å². The highest BCUT2D eigenvalue weighted by Crippen LogP contribution is 2.50. The van der Waals surface area contributed by atoms with Crippen molar-refractivity contribution in [3.05, 3.63) is 88.8 Å². The summed E-state index contributed by atoms with van der Waals surface area (Å²) in [5.41, 5.74) is -3.68. The van der Waals surface area contributed by atoms with Crippen molar-refractivity contribution in [2.45, 2.75) is 31.5 Å². The van der Waals surface area contributed by atoms with E-state index in [0.29, 0.717) is 0 Å². The summed E-state index contributed by atoms with van der Waals surface area (Å²) in [7, 11) is 0. The first-order chi connectivity index (χ1) is 17.8. The van der Waals surface area contributed by atoms with Gasteiger partial charge in [-0.15, -0.1) is 0 Å². The third-order valence-electron chi connectivity index (χ3n) is 6.16. The zero-order valence-electron chi connectivity index (χ0n) is 19.9. The second-order valence-corrected chi connectivity index (χ2v) is 9.02. The van der Waals surface area contributed by atoms with Gasteiger partial charge in [0, 0.05) is 29.1 Å². The van der Waals surface area contributed by atoms with Crippen LogP contribution >= 0.6 is 11.6 Å². The molecular formula is C26H20ClF3N2O6. The molecule has 8 nitrogen and oxygen atoms in total. The third-order valence-corrected chi connectivity index (χ3v) is 6.48. The van der Waals surface area contributed by atoms with Crippen molar-refractivity contribution in [2.24, 2.45) is 5.92 Å². The van der Waals surface area contributed by atoms with Crippen LogP contribution in [0.25, 0.3) is 5.57 Å². The lowest BCUT2D eigenvalue weighted by Crippen LogP contribution is -2.46. The average Bonchev–Trinajstić information content (AvgIpc) is 3.35. The zero-order chi connectivity index (χ0) is 27.8. The Morgan fingerprint density at radius 3 is 2.53 bits per heavy atom. The standard InChI is InChI=1S/C26H20ClF3N2O6/c1-13-4-3-5-18(22(13)33)23-32-12-20(38-23)25(36,26(28,29)30)14(2)17-8-7-16(10-19(17)27)37-21-9-6-15(11-31-21)24(34)35/h3-14,36H,1-2H3,(H,34,35). The number of halogens is 4. The molecule has 3 atom stereocenters. The van der Waals surface area contributed by atoms with Crippen molar-refractivity contribution in [3.63, 3.8) is 0 Å². The SMILES string of the molecule is CC1C=CC=C(c2ncc(C(O)(C(C)c3ccc(Oc4ccc(C(=O)O)cn4)cc3Cl)C(F)(F)F)o2)C1=O. The molecule has 0 fully saturated rings. The smallest absolute Gasteiger partial charge is 0.425 e. The van der Waals surface area contributed by atoms with E-state index in [9.17, 15) is 27.9 Å². The van der Waals surface area contributed by atoms with E-state index in [0.717, 1.165) is 19.3 Å². The predicted octanol–water partition coefficient (Wildman–Crippen LogP) is 5.93. The Bertz CT molecular complexity index is 1450. The average molecular weight is 549 g/mol. The lowest BCUT2D eigenvalue weighted by atomic mass is 9.81. The fourth-order valence-electron chi connectivity index (χ4n) is 3.92. The number of rotatable bonds is 7. The Morgan fingerprint density at radius 1 is 1.18 bits per heavy atom. The molecule has 198 valence electrons. The Hall–Kier alpha value is -3.96. The number of oxazole rings is 1. The van der Waals surface area contributed by atoms with E-state index in [2.05, 4.69) is 9.97 Å². The number of carboxylic acids is 1. The van der Waals surface area contributed by atoms with E-state index in [-0.39, 0.29) is 45.0 Å². The molecule has 1 aliphatic rings. The van der Waals surface area contributed by atoms with Crippen molar-refractivity contribution < 1.29 is 42.1 Å². The van der Waals surface area contributed by atoms with Crippen LogP contribution in [-0.2, 0) is 10.4 Å². The minimum atomic E-state index is -5.21. The van der Waals surface area contributed by atoms with Gasteiger partial charge in [0.2, 0.25) is 17.4 Å². The highest BCUT2D eigenvalue weighted by Gasteiger charge is 2.61. The Labute approximate surface area is 219 Å². The molecule has 0 amide bonds. The molecule has 0 saturated carbocycles. The second kappa shape index (κ2) is 10.1. The number of pyridine rings is 1. The van der Waals surface area contributed by atoms with Gasteiger partial charge in [0.15, 0.2) is 11.5 Å². The molecule has 0 spiro atoms. The molecule has 12 heteroatoms. The highest BCUT2D eigenvalue weighted by atomic mass is 35.5. The van der Waals surface area contributed by atoms with Crippen molar-refractivity contribution in [1.82, 2.24) is 9.97 Å². The maximum absolute atomic E-state index is 14.4. The largest absolute Gasteiger partial charge is 0.478 e. The Kier molecular flexibility index (Phi) is 7.18. The molecule has 3 unspecified atom stereocenters. The molecule has 2 heterocycles. The van der Waals surface area contributed by atoms with Crippen LogP contribution < -0.4 is 4.74 Å². The molecule has 38 heavy (non-hydrogen) atoms. The number of carboxylic acid groups (broad SMARTS) is 1. The van der Waals surface area contributed by atoms with Crippen LogP contribution in [-0.4, -0.2) is 38.1 Å². The van der Waals surface area contributed by atoms with Crippen LogP contribution in [0.15, 0.2) is 65.4 Å². The van der Waals surface area contributed by atoms with Crippen LogP contribution in [0.4, 0.5) is 13.2 Å². The molecule has 2 N–H and O–H groups in total. The first-order valence-electron chi connectivity index (χ1n) is 11.2. The van der Waals surface area contributed by atoms with Crippen LogP contribution in [0.2, 0.25) is 5.02 Å². The monoisotopic (exact) mass is 548 g/mol. The van der Waals surface area contributed by atoms with Gasteiger partial charge in [-0.2, -0.15) is 13.2 Å². The van der Waals surface area contributed by atoms with Crippen molar-refractivity contribution >= 4 is 28.9 Å². The van der Waals surface area contributed by atoms with Crippen LogP contribution in [0.5, 0.6) is 11.6 Å². The molecule has 0 saturated heterocycles. The number of hydrogen-bond donors (Lipinski definition) is 2. The van der Waals surface area contributed by atoms with E-state index in [1.807, 2.05) is 0 Å². The van der Waals surface area contributed by atoms with Gasteiger partial charge >= 0.3 is 12.1 Å². The van der Waals surface area contributed by atoms with Gasteiger partial charge in [0.05, 0.1) is 17.3 Å². The quantitative estimate of drug-likeness (QED) is 0.373. The number of aromatic nitrogens is 2. The van der Waals surface area contributed by atoms with Gasteiger partial charge < -0.3 is 19.4 Å². The van der Waals surface area contributed by atoms with Crippen molar-refractivity contribution in [3.8, 4) is 11.6 Å². The molecule has 1 aliphatic carbocycles. The lowest BCUT2D eigenvalue weighted by molar-refractivity contribution is -0.280. The fraction of sp³-hybridized carbons (Fsp3) is 0.231. The number of alkyl halides is 3. The maximum atomic E-state index is 14.4. The number of allylic oxidation sites excluding steroid dienone is 4. The van der Waals surface area contributed by atoms with Gasteiger partial charge in [-0.3, -0.25) is 4.79 Å². The summed E-state index contributed by atoms with van der Waals surface area (Å²) in [6.45, 7) is 2.75. The number of Topliss-reactive ketones (excluding diaryl/α,β-unsaturated/α-hetero) is 1. The molecule has 0 radical (unpaired) electrons. The number of ketones is 1. The van der Waals surface area contributed by atoms with Crippen LogP contribution in [0.1, 0.15) is 47.3 Å². The summed E-state index contributed by atoms with van der Waals surface area (Å²) in [4.78, 5) is 31.1. The van der Waals surface area contributed by atoms with E-state index in [1.165, 1.54) is 36.4 Å². The summed E-state index contributed by atoms with van der Waals surface area (Å²) in [6, 6.07) is 6.39. The number of carbonyl (C=O) groups excluding carboxylic acids is 1. The highest BCUT2D eigenvalue weighted by molar-refractivity contribution is 6.31. The summed E-state index contributed by atoms with van der Waals surface area (Å²) < 4.78 is 53.9. The van der Waals surface area contributed by atoms with Gasteiger partial charge in [-0.25, -0.2) is 14.8 Å². The summed E-state index contributed by atoms with van der Waals surface area (Å²) in [5.74, 6) is -4.82. The summed E-state index contributed by atoms with van der Waals surface area (Å²) in [6.07, 6.45) is 1.19. The molecule has 0 aliphatic heterocycles. The van der Waals surface area contributed by atoms with Crippen molar-refractivity contribution in [1.29, 1.82) is 0 Å². The van der Waals surface area contributed by atoms with Crippen LogP contribution in [0.3, 0.4) is 0 Å². The normalized spacial score (nSPS) is 18.0. The summed E-state index contributed by atoms with van der Waals surface area (Å²) >= 11 is 6.30. The number of aromatic carboxylic acids is 1. The van der Waals surface area contributed by atoms with E-state index < -0.39 is 35.3 Å². The minimum Gasteiger partial charge on any atom is -0.478 e.